The zero-order valence-electron chi connectivity index (χ0n) is 9.38. The van der Waals surface area contributed by atoms with E-state index in [1.54, 1.807) is 6.92 Å². The lowest BCUT2D eigenvalue weighted by Crippen LogP contribution is -2.21. The number of azide groups is 1. The first-order valence-electron chi connectivity index (χ1n) is 4.85. The summed E-state index contributed by atoms with van der Waals surface area (Å²) < 4.78 is 9.55. The molecular formula is C9H15N3O4. The Morgan fingerprint density at radius 1 is 1.50 bits per heavy atom. The van der Waals surface area contributed by atoms with Crippen LogP contribution in [0.1, 0.15) is 19.8 Å². The molecule has 1 unspecified atom stereocenters. The van der Waals surface area contributed by atoms with Crippen LogP contribution in [0, 0.1) is 0 Å². The molecular weight excluding hydrogens is 214 g/mol. The fourth-order valence-corrected chi connectivity index (χ4v) is 1.05. The molecule has 16 heavy (non-hydrogen) atoms. The van der Waals surface area contributed by atoms with Gasteiger partial charge in [0.25, 0.3) is 0 Å². The van der Waals surface area contributed by atoms with E-state index in [9.17, 15) is 9.59 Å². The van der Waals surface area contributed by atoms with Crippen LogP contribution in [0.5, 0.6) is 0 Å². The molecule has 0 aliphatic carbocycles. The summed E-state index contributed by atoms with van der Waals surface area (Å²) in [6.07, 6.45) is -0.726. The van der Waals surface area contributed by atoms with Gasteiger partial charge in [0.15, 0.2) is 0 Å². The molecule has 0 radical (unpaired) electrons. The van der Waals surface area contributed by atoms with Crippen molar-refractivity contribution in [3.63, 3.8) is 0 Å². The van der Waals surface area contributed by atoms with Crippen molar-refractivity contribution in [2.45, 2.75) is 25.9 Å². The van der Waals surface area contributed by atoms with E-state index in [4.69, 9.17) is 10.3 Å². The smallest absolute Gasteiger partial charge is 0.313 e. The van der Waals surface area contributed by atoms with Gasteiger partial charge in [-0.2, -0.15) is 0 Å². The van der Waals surface area contributed by atoms with Crippen LogP contribution in [-0.2, 0) is 19.1 Å². The summed E-state index contributed by atoms with van der Waals surface area (Å²) in [6.45, 7) is 1.99. The molecule has 7 nitrogen and oxygen atoms in total. The number of carbonyl (C=O) groups is 2. The van der Waals surface area contributed by atoms with Crippen molar-refractivity contribution in [1.29, 1.82) is 0 Å². The van der Waals surface area contributed by atoms with Crippen LogP contribution in [-0.4, -0.2) is 38.1 Å². The number of ketones is 1. The van der Waals surface area contributed by atoms with Crippen LogP contribution in [0.2, 0.25) is 0 Å². The number of methoxy groups -OCH3 is 1. The molecule has 0 aromatic carbocycles. The minimum absolute atomic E-state index is 0.0360. The summed E-state index contributed by atoms with van der Waals surface area (Å²) in [5.74, 6) is -0.843. The average molecular weight is 229 g/mol. The lowest BCUT2D eigenvalue weighted by molar-refractivity contribution is -0.145. The Morgan fingerprint density at radius 2 is 2.19 bits per heavy atom. The molecule has 0 aliphatic rings. The number of carbonyl (C=O) groups excluding carboxylic acids is 2. The number of nitrogens with zero attached hydrogens (tertiary/aromatic N) is 3. The maximum Gasteiger partial charge on any atom is 0.313 e. The average Bonchev–Trinajstić information content (AvgIpc) is 2.24. The number of esters is 1. The number of ether oxygens (including phenoxy) is 2. The molecule has 1 atom stereocenters. The molecule has 0 aromatic rings. The minimum Gasteiger partial charge on any atom is -0.466 e. The molecule has 0 aliphatic heterocycles. The highest BCUT2D eigenvalue weighted by molar-refractivity contribution is 5.95. The van der Waals surface area contributed by atoms with Crippen molar-refractivity contribution < 1.29 is 19.1 Å². The summed E-state index contributed by atoms with van der Waals surface area (Å²) >= 11 is 0. The van der Waals surface area contributed by atoms with Crippen LogP contribution in [0.4, 0.5) is 0 Å². The third-order valence-electron chi connectivity index (χ3n) is 1.78. The van der Waals surface area contributed by atoms with Crippen molar-refractivity contribution >= 4 is 11.8 Å². The first-order valence-corrected chi connectivity index (χ1v) is 4.85. The second kappa shape index (κ2) is 8.70. The maximum atomic E-state index is 11.3. The van der Waals surface area contributed by atoms with E-state index in [2.05, 4.69) is 14.8 Å². The zero-order chi connectivity index (χ0) is 12.4. The van der Waals surface area contributed by atoms with E-state index in [0.29, 0.717) is 0 Å². The molecule has 0 fully saturated rings. The molecule has 0 N–H and O–H groups in total. The second-order valence-electron chi connectivity index (χ2n) is 3.00. The minimum atomic E-state index is -0.550. The van der Waals surface area contributed by atoms with Gasteiger partial charge in [0.05, 0.1) is 19.3 Å². The van der Waals surface area contributed by atoms with Crippen LogP contribution in [0.25, 0.3) is 10.4 Å². The Hall–Kier alpha value is -1.59. The number of hydrogen-bond donors (Lipinski definition) is 0. The monoisotopic (exact) mass is 229 g/mol. The Morgan fingerprint density at radius 3 is 2.69 bits per heavy atom. The fourth-order valence-electron chi connectivity index (χ4n) is 1.05. The van der Waals surface area contributed by atoms with Crippen LogP contribution in [0.3, 0.4) is 0 Å². The first kappa shape index (κ1) is 14.4. The highest BCUT2D eigenvalue weighted by Gasteiger charge is 2.16. The van der Waals surface area contributed by atoms with Crippen molar-refractivity contribution in [2.24, 2.45) is 5.11 Å². The van der Waals surface area contributed by atoms with Gasteiger partial charge in [-0.1, -0.05) is 5.11 Å². The zero-order valence-corrected chi connectivity index (χ0v) is 9.38. The van der Waals surface area contributed by atoms with Gasteiger partial charge in [0.1, 0.15) is 12.2 Å². The van der Waals surface area contributed by atoms with Gasteiger partial charge in [-0.25, -0.2) is 0 Å². The van der Waals surface area contributed by atoms with Crippen molar-refractivity contribution in [2.75, 3.05) is 20.3 Å². The highest BCUT2D eigenvalue weighted by atomic mass is 16.5. The molecule has 0 saturated carbocycles. The summed E-state index contributed by atoms with van der Waals surface area (Å²) in [5, 5.41) is 3.30. The van der Waals surface area contributed by atoms with Gasteiger partial charge in [-0.05, 0) is 12.5 Å². The topological polar surface area (TPSA) is 101 Å². The van der Waals surface area contributed by atoms with E-state index in [0.717, 1.165) is 0 Å². The summed E-state index contributed by atoms with van der Waals surface area (Å²) in [6, 6.07) is 0. The standard InChI is InChI=1S/C9H15N3O4/c1-3-16-9(14)5-7(13)4-8(15-2)6-11-12-10/h8H,3-6H2,1-2H3. The molecule has 0 aromatic heterocycles. The molecule has 0 amide bonds. The summed E-state index contributed by atoms with van der Waals surface area (Å²) in [5.41, 5.74) is 8.10. The number of Topliss-reactive ketones (excluding diaryl/α,β-unsaturated/α-hetero) is 1. The maximum absolute atomic E-state index is 11.3. The van der Waals surface area contributed by atoms with Gasteiger partial charge in [-0.15, -0.1) is 0 Å². The Bertz CT molecular complexity index is 286. The largest absolute Gasteiger partial charge is 0.466 e. The third-order valence-corrected chi connectivity index (χ3v) is 1.78. The van der Waals surface area contributed by atoms with E-state index < -0.39 is 12.1 Å². The number of rotatable bonds is 8. The van der Waals surface area contributed by atoms with Gasteiger partial charge in [0.2, 0.25) is 0 Å². The predicted molar refractivity (Wildman–Crippen MR) is 55.7 cm³/mol. The van der Waals surface area contributed by atoms with Gasteiger partial charge in [-0.3, -0.25) is 9.59 Å². The third kappa shape index (κ3) is 6.80. The molecule has 0 heterocycles. The van der Waals surface area contributed by atoms with Gasteiger partial charge < -0.3 is 9.47 Å². The fraction of sp³-hybridized carbons (Fsp3) is 0.778. The van der Waals surface area contributed by atoms with Crippen molar-refractivity contribution in [3.8, 4) is 0 Å². The molecule has 0 bridgehead atoms. The van der Waals surface area contributed by atoms with E-state index in [1.165, 1.54) is 7.11 Å². The van der Waals surface area contributed by atoms with Crippen LogP contribution < -0.4 is 0 Å². The SMILES string of the molecule is CCOC(=O)CC(=O)CC(CN=[N+]=[N-])OC. The lowest BCUT2D eigenvalue weighted by Gasteiger charge is -2.10. The lowest BCUT2D eigenvalue weighted by atomic mass is 10.1. The molecule has 0 saturated heterocycles. The Balaban J connectivity index is 3.99. The van der Waals surface area contributed by atoms with E-state index in [1.807, 2.05) is 0 Å². The Labute approximate surface area is 93.3 Å². The van der Waals surface area contributed by atoms with Crippen molar-refractivity contribution in [1.82, 2.24) is 0 Å². The molecule has 0 spiro atoms. The van der Waals surface area contributed by atoms with Crippen molar-refractivity contribution in [3.05, 3.63) is 10.4 Å². The van der Waals surface area contributed by atoms with Gasteiger partial charge >= 0.3 is 5.97 Å². The van der Waals surface area contributed by atoms with E-state index >= 15 is 0 Å². The molecule has 7 heteroatoms. The predicted octanol–water partition coefficient (Wildman–Crippen LogP) is 1.22. The van der Waals surface area contributed by atoms with E-state index in [-0.39, 0.29) is 31.8 Å². The quantitative estimate of drug-likeness (QED) is 0.205. The van der Waals surface area contributed by atoms with Crippen LogP contribution in [0.15, 0.2) is 5.11 Å². The summed E-state index contributed by atoms with van der Waals surface area (Å²) in [7, 11) is 1.41. The Kier molecular flexibility index (Phi) is 7.83. The van der Waals surface area contributed by atoms with Gasteiger partial charge in [0, 0.05) is 18.4 Å². The second-order valence-corrected chi connectivity index (χ2v) is 3.00. The summed E-state index contributed by atoms with van der Waals surface area (Å²) in [4.78, 5) is 24.9. The number of hydrogen-bond acceptors (Lipinski definition) is 5. The molecule has 90 valence electrons. The normalized spacial score (nSPS) is 11.4. The van der Waals surface area contributed by atoms with Crippen LogP contribution >= 0.6 is 0 Å². The highest BCUT2D eigenvalue weighted by Crippen LogP contribution is 2.02. The molecule has 0 rings (SSSR count). The first-order chi connectivity index (χ1) is 7.63.